The first-order valence-electron chi connectivity index (χ1n) is 11.4. The molecule has 1 aliphatic heterocycles. The first-order valence-corrected chi connectivity index (χ1v) is 12.2. The molecular weight excluding hydrogens is 473 g/mol. The number of nitrogens with one attached hydrogen (secondary N) is 1. The van der Waals surface area contributed by atoms with E-state index in [-0.39, 0.29) is 17.8 Å². The number of aromatic amines is 1. The van der Waals surface area contributed by atoms with Crippen molar-refractivity contribution >= 4 is 17.2 Å². The van der Waals surface area contributed by atoms with Gasteiger partial charge in [-0.25, -0.2) is 23.1 Å². The van der Waals surface area contributed by atoms with Crippen LogP contribution in [-0.4, -0.2) is 38.3 Å². The molecule has 0 aliphatic carbocycles. The molecule has 180 valence electrons. The molecule has 2 aromatic heterocycles. The molecule has 1 N–H and O–H groups in total. The second-order valence-corrected chi connectivity index (χ2v) is 9.85. The highest BCUT2D eigenvalue weighted by molar-refractivity contribution is 7.15. The summed E-state index contributed by atoms with van der Waals surface area (Å²) in [6.07, 6.45) is 4.81. The topological polar surface area (TPSA) is 61.9 Å². The fourth-order valence-corrected chi connectivity index (χ4v) is 5.40. The van der Waals surface area contributed by atoms with E-state index in [2.05, 4.69) is 15.0 Å². The fourth-order valence-electron chi connectivity index (χ4n) is 4.48. The number of carbonyl (C=O) groups excluding carboxylic acids is 1. The Morgan fingerprint density at radius 3 is 2.63 bits per heavy atom. The minimum Gasteiger partial charge on any atom is -0.342 e. The first-order chi connectivity index (χ1) is 16.9. The molecule has 1 aliphatic rings. The quantitative estimate of drug-likeness (QED) is 0.360. The van der Waals surface area contributed by atoms with Crippen molar-refractivity contribution in [2.45, 2.75) is 38.6 Å². The number of carbonyl (C=O) groups is 1. The summed E-state index contributed by atoms with van der Waals surface area (Å²) in [6.45, 7) is 2.46. The largest absolute Gasteiger partial charge is 0.342 e. The highest BCUT2D eigenvalue weighted by atomic mass is 32.1. The molecule has 5 nitrogen and oxygen atoms in total. The van der Waals surface area contributed by atoms with Crippen LogP contribution in [0.2, 0.25) is 0 Å². The highest BCUT2D eigenvalue weighted by Gasteiger charge is 2.31. The number of nitrogens with zero attached hydrogens (tertiary/aromatic N) is 3. The Bertz CT molecular complexity index is 1370. The van der Waals surface area contributed by atoms with Gasteiger partial charge in [0.15, 0.2) is 11.6 Å². The minimum absolute atomic E-state index is 0.0803. The second kappa shape index (κ2) is 9.65. The number of aromatic nitrogens is 3. The van der Waals surface area contributed by atoms with Gasteiger partial charge in [-0.1, -0.05) is 12.1 Å². The van der Waals surface area contributed by atoms with Gasteiger partial charge in [-0.15, -0.1) is 11.3 Å². The SMILES string of the molecule is Cc1nc(C(=O)N2CCCCC2Cc2ncc(-c3ccc(F)c(F)c3)[nH]2)c(-c2ccc(F)cc2)s1. The molecule has 1 unspecified atom stereocenters. The summed E-state index contributed by atoms with van der Waals surface area (Å²) in [4.78, 5) is 28.4. The number of likely N-dealkylation sites (tertiary alicyclic amines) is 1. The minimum atomic E-state index is -0.918. The standard InChI is InChI=1S/C26H23F3N4OS/c1-15-31-24(25(35-15)16-5-8-18(27)9-6-16)26(34)33-11-3-2-4-19(33)13-23-30-14-22(32-23)17-7-10-20(28)21(29)12-17/h5-10,12,14,19H,2-4,11,13H2,1H3,(H,30,32). The van der Waals surface area contributed by atoms with E-state index in [9.17, 15) is 18.0 Å². The number of thiazole rings is 1. The molecule has 3 heterocycles. The Morgan fingerprint density at radius 1 is 1.09 bits per heavy atom. The van der Waals surface area contributed by atoms with E-state index in [1.165, 1.54) is 29.5 Å². The van der Waals surface area contributed by atoms with Gasteiger partial charge in [-0.05, 0) is 62.1 Å². The van der Waals surface area contributed by atoms with Gasteiger partial charge in [0.05, 0.1) is 21.8 Å². The van der Waals surface area contributed by atoms with Crippen LogP contribution in [0.3, 0.4) is 0 Å². The maximum Gasteiger partial charge on any atom is 0.274 e. The Morgan fingerprint density at radius 2 is 1.86 bits per heavy atom. The lowest BCUT2D eigenvalue weighted by molar-refractivity contribution is 0.0606. The fraction of sp³-hybridized carbons (Fsp3) is 0.269. The second-order valence-electron chi connectivity index (χ2n) is 8.64. The van der Waals surface area contributed by atoms with Gasteiger partial charge in [0.1, 0.15) is 17.3 Å². The lowest BCUT2D eigenvalue weighted by atomic mass is 9.98. The smallest absolute Gasteiger partial charge is 0.274 e. The van der Waals surface area contributed by atoms with Crippen LogP contribution in [-0.2, 0) is 6.42 Å². The third-order valence-corrected chi connectivity index (χ3v) is 7.24. The molecule has 0 spiro atoms. The van der Waals surface area contributed by atoms with Gasteiger partial charge in [-0.2, -0.15) is 0 Å². The van der Waals surface area contributed by atoms with Gasteiger partial charge in [0, 0.05) is 24.6 Å². The molecule has 0 bridgehead atoms. The van der Waals surface area contributed by atoms with Gasteiger partial charge >= 0.3 is 0 Å². The summed E-state index contributed by atoms with van der Waals surface area (Å²) >= 11 is 1.42. The predicted molar refractivity (Wildman–Crippen MR) is 129 cm³/mol. The van der Waals surface area contributed by atoms with E-state index >= 15 is 0 Å². The van der Waals surface area contributed by atoms with Crippen LogP contribution >= 0.6 is 11.3 Å². The molecule has 1 fully saturated rings. The zero-order valence-corrected chi connectivity index (χ0v) is 19.8. The van der Waals surface area contributed by atoms with Crippen molar-refractivity contribution in [1.82, 2.24) is 19.9 Å². The number of piperidine rings is 1. The Labute approximate surface area is 204 Å². The van der Waals surface area contributed by atoms with Crippen molar-refractivity contribution in [3.05, 3.63) is 82.6 Å². The summed E-state index contributed by atoms with van der Waals surface area (Å²) < 4.78 is 40.4. The number of H-pyrrole nitrogens is 1. The van der Waals surface area contributed by atoms with E-state index in [0.717, 1.165) is 46.8 Å². The van der Waals surface area contributed by atoms with E-state index in [4.69, 9.17) is 0 Å². The molecule has 1 amide bonds. The van der Waals surface area contributed by atoms with Crippen molar-refractivity contribution in [2.75, 3.05) is 6.54 Å². The molecule has 0 saturated carbocycles. The third kappa shape index (κ3) is 4.86. The van der Waals surface area contributed by atoms with E-state index in [1.54, 1.807) is 18.3 Å². The monoisotopic (exact) mass is 496 g/mol. The van der Waals surface area contributed by atoms with E-state index in [1.807, 2.05) is 11.8 Å². The van der Waals surface area contributed by atoms with E-state index < -0.39 is 11.6 Å². The van der Waals surface area contributed by atoms with Crippen LogP contribution in [0.15, 0.2) is 48.7 Å². The molecule has 1 saturated heterocycles. The number of halogens is 3. The van der Waals surface area contributed by atoms with Crippen LogP contribution in [0.4, 0.5) is 13.2 Å². The Kier molecular flexibility index (Phi) is 6.42. The molecule has 0 radical (unpaired) electrons. The number of aryl methyl sites for hydroxylation is 1. The van der Waals surface area contributed by atoms with Gasteiger partial charge in [0.25, 0.3) is 5.91 Å². The number of rotatable bonds is 5. The molecule has 5 rings (SSSR count). The van der Waals surface area contributed by atoms with Gasteiger partial charge < -0.3 is 9.88 Å². The molecule has 1 atom stereocenters. The predicted octanol–water partition coefficient (Wildman–Crippen LogP) is 6.16. The molecule has 4 aromatic rings. The van der Waals surface area contributed by atoms with E-state index in [0.29, 0.717) is 35.7 Å². The number of imidazole rings is 1. The van der Waals surface area contributed by atoms with Crippen LogP contribution < -0.4 is 0 Å². The zero-order valence-electron chi connectivity index (χ0n) is 19.0. The van der Waals surface area contributed by atoms with Crippen molar-refractivity contribution in [1.29, 1.82) is 0 Å². The average Bonchev–Trinajstić information content (AvgIpc) is 3.48. The lowest BCUT2D eigenvalue weighted by Gasteiger charge is -2.35. The maximum atomic E-state index is 13.7. The van der Waals surface area contributed by atoms with Crippen LogP contribution in [0.5, 0.6) is 0 Å². The van der Waals surface area contributed by atoms with Crippen molar-refractivity contribution in [3.8, 4) is 21.7 Å². The van der Waals surface area contributed by atoms with Crippen molar-refractivity contribution in [3.63, 3.8) is 0 Å². The summed E-state index contributed by atoms with van der Waals surface area (Å²) in [5.41, 5.74) is 2.23. The summed E-state index contributed by atoms with van der Waals surface area (Å²) in [6, 6.07) is 9.71. The molecular formula is C26H23F3N4OS. The Balaban J connectivity index is 1.38. The molecule has 35 heavy (non-hydrogen) atoms. The summed E-state index contributed by atoms with van der Waals surface area (Å²) in [7, 11) is 0. The van der Waals surface area contributed by atoms with Crippen LogP contribution in [0.25, 0.3) is 21.7 Å². The number of amides is 1. The number of benzene rings is 2. The normalized spacial score (nSPS) is 16.0. The third-order valence-electron chi connectivity index (χ3n) is 6.22. The van der Waals surface area contributed by atoms with Crippen LogP contribution in [0.1, 0.15) is 40.6 Å². The summed E-state index contributed by atoms with van der Waals surface area (Å²) in [5.74, 6) is -1.63. The molecule has 2 aromatic carbocycles. The maximum absolute atomic E-state index is 13.7. The first kappa shape index (κ1) is 23.3. The number of hydrogen-bond donors (Lipinski definition) is 1. The van der Waals surface area contributed by atoms with Gasteiger partial charge in [0.2, 0.25) is 0 Å². The average molecular weight is 497 g/mol. The molecule has 9 heteroatoms. The summed E-state index contributed by atoms with van der Waals surface area (Å²) in [5, 5.41) is 0.767. The highest BCUT2D eigenvalue weighted by Crippen LogP contribution is 2.33. The number of hydrogen-bond acceptors (Lipinski definition) is 4. The Hall–Kier alpha value is -3.46. The van der Waals surface area contributed by atoms with Crippen molar-refractivity contribution < 1.29 is 18.0 Å². The van der Waals surface area contributed by atoms with Crippen molar-refractivity contribution in [2.24, 2.45) is 0 Å². The lowest BCUT2D eigenvalue weighted by Crippen LogP contribution is -2.45. The van der Waals surface area contributed by atoms with Crippen LogP contribution in [0, 0.1) is 24.4 Å². The zero-order chi connectivity index (χ0) is 24.5. The van der Waals surface area contributed by atoms with Gasteiger partial charge in [-0.3, -0.25) is 4.79 Å².